The van der Waals surface area contributed by atoms with Crippen LogP contribution in [0.15, 0.2) is 16.9 Å². The minimum atomic E-state index is 0.474. The highest BCUT2D eigenvalue weighted by atomic mass is 15.2. The summed E-state index contributed by atoms with van der Waals surface area (Å²) in [4.78, 5) is 6.74. The van der Waals surface area contributed by atoms with Gasteiger partial charge in [-0.2, -0.15) is 0 Å². The molecule has 4 heteroatoms. The summed E-state index contributed by atoms with van der Waals surface area (Å²) >= 11 is 0. The summed E-state index contributed by atoms with van der Waals surface area (Å²) in [5.74, 6) is 0. The third-order valence-electron chi connectivity index (χ3n) is 3.17. The van der Waals surface area contributed by atoms with Gasteiger partial charge in [0, 0.05) is 25.5 Å². The van der Waals surface area contributed by atoms with Crippen molar-refractivity contribution in [3.8, 4) is 0 Å². The molecule has 0 aromatic heterocycles. The van der Waals surface area contributed by atoms with E-state index in [1.54, 1.807) is 6.21 Å². The summed E-state index contributed by atoms with van der Waals surface area (Å²) in [7, 11) is 2.16. The summed E-state index contributed by atoms with van der Waals surface area (Å²) < 4.78 is 0. The van der Waals surface area contributed by atoms with E-state index in [0.717, 1.165) is 0 Å². The number of allylic oxidation sites excluding steroid dienone is 1. The molecule has 1 saturated carbocycles. The predicted molar refractivity (Wildman–Crippen MR) is 57.9 cm³/mol. The third-order valence-corrected chi connectivity index (χ3v) is 3.17. The molecule has 0 atom stereocenters. The molecule has 0 aromatic rings. The zero-order chi connectivity index (χ0) is 10.2. The second-order valence-electron chi connectivity index (χ2n) is 4.68. The molecular weight excluding hydrogens is 176 g/mol. The van der Waals surface area contributed by atoms with Gasteiger partial charge in [-0.3, -0.25) is 4.99 Å². The number of rotatable bonds is 2. The van der Waals surface area contributed by atoms with Crippen molar-refractivity contribution in [3.63, 3.8) is 0 Å². The molecule has 1 aliphatic heterocycles. The lowest BCUT2D eigenvalue weighted by atomic mass is 9.61. The van der Waals surface area contributed by atoms with Crippen LogP contribution in [0.1, 0.15) is 12.8 Å². The summed E-state index contributed by atoms with van der Waals surface area (Å²) in [5.41, 5.74) is 11.9. The molecule has 1 aliphatic carbocycles. The summed E-state index contributed by atoms with van der Waals surface area (Å²) in [6.45, 7) is 2.47. The lowest BCUT2D eigenvalue weighted by molar-refractivity contribution is -0.0552. The average molecular weight is 194 g/mol. The fourth-order valence-electron chi connectivity index (χ4n) is 2.64. The van der Waals surface area contributed by atoms with E-state index in [2.05, 4.69) is 16.9 Å². The average Bonchev–Trinajstić information content (AvgIpc) is 2.06. The summed E-state index contributed by atoms with van der Waals surface area (Å²) in [6.07, 6.45) is 5.49. The molecule has 0 radical (unpaired) electrons. The molecule has 0 bridgehead atoms. The van der Waals surface area contributed by atoms with Crippen LogP contribution >= 0.6 is 0 Å². The Labute approximate surface area is 84.7 Å². The number of nitrogens with zero attached hydrogens (tertiary/aromatic N) is 2. The van der Waals surface area contributed by atoms with Crippen LogP contribution in [0.5, 0.6) is 0 Å². The SMILES string of the molecule is CN1CC2(CC(N=C/C(N)=C\N)C2)C1. The Morgan fingerprint density at radius 1 is 1.50 bits per heavy atom. The molecule has 0 unspecified atom stereocenters. The van der Waals surface area contributed by atoms with Crippen LogP contribution in [0, 0.1) is 5.41 Å². The molecule has 1 spiro atoms. The number of hydrogen-bond acceptors (Lipinski definition) is 4. The van der Waals surface area contributed by atoms with Gasteiger partial charge in [-0.05, 0) is 25.3 Å². The van der Waals surface area contributed by atoms with Gasteiger partial charge < -0.3 is 16.4 Å². The predicted octanol–water partition coefficient (Wildman–Crippen LogP) is -0.0898. The fraction of sp³-hybridized carbons (Fsp3) is 0.700. The highest BCUT2D eigenvalue weighted by Gasteiger charge is 2.50. The highest BCUT2D eigenvalue weighted by molar-refractivity contribution is 5.77. The van der Waals surface area contributed by atoms with Crippen molar-refractivity contribution < 1.29 is 0 Å². The largest absolute Gasteiger partial charge is 0.403 e. The van der Waals surface area contributed by atoms with Gasteiger partial charge in [0.1, 0.15) is 0 Å². The Hall–Kier alpha value is -1.03. The Balaban J connectivity index is 1.76. The standard InChI is InChI=1S/C10H18N4/c1-14-6-10(7-14)2-9(3-10)13-5-8(12)4-11/h4-5,9H,2-3,6-7,11-12H2,1H3/b8-4+,13-5?. The lowest BCUT2D eigenvalue weighted by Gasteiger charge is -2.57. The molecule has 0 amide bonds. The van der Waals surface area contributed by atoms with Crippen molar-refractivity contribution >= 4 is 6.21 Å². The van der Waals surface area contributed by atoms with Crippen molar-refractivity contribution in [3.05, 3.63) is 11.9 Å². The number of likely N-dealkylation sites (tertiary alicyclic amines) is 1. The van der Waals surface area contributed by atoms with Gasteiger partial charge in [-0.25, -0.2) is 0 Å². The Kier molecular flexibility index (Phi) is 2.23. The van der Waals surface area contributed by atoms with E-state index in [4.69, 9.17) is 11.5 Å². The molecule has 2 aliphatic rings. The van der Waals surface area contributed by atoms with Gasteiger partial charge in [-0.15, -0.1) is 0 Å². The van der Waals surface area contributed by atoms with Crippen LogP contribution in [-0.4, -0.2) is 37.3 Å². The van der Waals surface area contributed by atoms with Gasteiger partial charge in [-0.1, -0.05) is 0 Å². The van der Waals surface area contributed by atoms with Crippen molar-refractivity contribution in [1.29, 1.82) is 0 Å². The molecule has 78 valence electrons. The molecule has 1 heterocycles. The molecule has 1 saturated heterocycles. The van der Waals surface area contributed by atoms with Crippen molar-refractivity contribution in [2.45, 2.75) is 18.9 Å². The number of hydrogen-bond donors (Lipinski definition) is 2. The summed E-state index contributed by atoms with van der Waals surface area (Å²) in [6, 6.07) is 0.474. The van der Waals surface area contributed by atoms with Crippen molar-refractivity contribution in [2.24, 2.45) is 21.9 Å². The second-order valence-corrected chi connectivity index (χ2v) is 4.68. The maximum Gasteiger partial charge on any atom is 0.0653 e. The van der Waals surface area contributed by atoms with Crippen LogP contribution < -0.4 is 11.5 Å². The minimum absolute atomic E-state index is 0.474. The van der Waals surface area contributed by atoms with E-state index in [1.165, 1.54) is 32.1 Å². The normalized spacial score (nSPS) is 27.9. The first-order valence-corrected chi connectivity index (χ1v) is 5.03. The molecule has 2 fully saturated rings. The number of nitrogens with two attached hydrogens (primary N) is 2. The van der Waals surface area contributed by atoms with E-state index in [0.29, 0.717) is 17.2 Å². The van der Waals surface area contributed by atoms with Crippen molar-refractivity contribution in [1.82, 2.24) is 4.90 Å². The molecule has 0 aromatic carbocycles. The molecule has 2 rings (SSSR count). The molecule has 4 N–H and O–H groups in total. The van der Waals surface area contributed by atoms with Crippen LogP contribution in [0.3, 0.4) is 0 Å². The Morgan fingerprint density at radius 2 is 2.14 bits per heavy atom. The van der Waals surface area contributed by atoms with Gasteiger partial charge >= 0.3 is 0 Å². The van der Waals surface area contributed by atoms with Gasteiger partial charge in [0.25, 0.3) is 0 Å². The first-order valence-electron chi connectivity index (χ1n) is 5.03. The molecular formula is C10H18N4. The van der Waals surface area contributed by atoms with Crippen molar-refractivity contribution in [2.75, 3.05) is 20.1 Å². The lowest BCUT2D eigenvalue weighted by Crippen LogP contribution is -2.61. The fourth-order valence-corrected chi connectivity index (χ4v) is 2.64. The Morgan fingerprint density at radius 3 is 2.64 bits per heavy atom. The van der Waals surface area contributed by atoms with E-state index in [-0.39, 0.29) is 0 Å². The van der Waals surface area contributed by atoms with E-state index in [1.807, 2.05) is 0 Å². The van der Waals surface area contributed by atoms with Crippen LogP contribution in [0.2, 0.25) is 0 Å². The number of aliphatic imine (C=N–C) groups is 1. The van der Waals surface area contributed by atoms with Gasteiger partial charge in [0.15, 0.2) is 0 Å². The topological polar surface area (TPSA) is 67.6 Å². The van der Waals surface area contributed by atoms with Crippen LogP contribution in [0.25, 0.3) is 0 Å². The Bertz CT molecular complexity index is 268. The molecule has 4 nitrogen and oxygen atoms in total. The first-order chi connectivity index (χ1) is 6.63. The first kappa shape index (κ1) is 9.52. The monoisotopic (exact) mass is 194 g/mol. The van der Waals surface area contributed by atoms with E-state index < -0.39 is 0 Å². The van der Waals surface area contributed by atoms with Gasteiger partial charge in [0.05, 0.1) is 11.7 Å². The maximum atomic E-state index is 5.51. The summed E-state index contributed by atoms with van der Waals surface area (Å²) in [5, 5.41) is 0. The zero-order valence-electron chi connectivity index (χ0n) is 8.61. The van der Waals surface area contributed by atoms with Gasteiger partial charge in [0.2, 0.25) is 0 Å². The van der Waals surface area contributed by atoms with E-state index in [9.17, 15) is 0 Å². The smallest absolute Gasteiger partial charge is 0.0653 e. The van der Waals surface area contributed by atoms with E-state index >= 15 is 0 Å². The zero-order valence-corrected chi connectivity index (χ0v) is 8.61. The third kappa shape index (κ3) is 1.62. The quantitative estimate of drug-likeness (QED) is 0.604. The second kappa shape index (κ2) is 3.28. The maximum absolute atomic E-state index is 5.51. The highest BCUT2D eigenvalue weighted by Crippen LogP contribution is 2.48. The van der Waals surface area contributed by atoms with Crippen LogP contribution in [-0.2, 0) is 0 Å². The molecule has 14 heavy (non-hydrogen) atoms. The van der Waals surface area contributed by atoms with Crippen LogP contribution in [0.4, 0.5) is 0 Å². The minimum Gasteiger partial charge on any atom is -0.403 e.